The van der Waals surface area contributed by atoms with Gasteiger partial charge < -0.3 is 29.1 Å². The number of aromatic nitrogens is 2. The monoisotopic (exact) mass is 526 g/mol. The normalized spacial score (nSPS) is 12.9. The second-order valence-corrected chi connectivity index (χ2v) is 9.08. The molecule has 1 amide bonds. The van der Waals surface area contributed by atoms with Crippen LogP contribution in [0.5, 0.6) is 11.5 Å². The molecule has 0 unspecified atom stereocenters. The number of rotatable bonds is 6. The van der Waals surface area contributed by atoms with Crippen LogP contribution in [0, 0.1) is 0 Å². The van der Waals surface area contributed by atoms with Gasteiger partial charge in [-0.2, -0.15) is 0 Å². The Morgan fingerprint density at radius 1 is 1.18 bits per heavy atom. The van der Waals surface area contributed by atoms with Gasteiger partial charge in [-0.25, -0.2) is 4.79 Å². The van der Waals surface area contributed by atoms with Crippen LogP contribution in [0.15, 0.2) is 56.4 Å². The quantitative estimate of drug-likeness (QED) is 0.394. The van der Waals surface area contributed by atoms with Crippen LogP contribution in [0.2, 0.25) is 0 Å². The van der Waals surface area contributed by atoms with Crippen molar-refractivity contribution in [3.8, 4) is 22.6 Å². The summed E-state index contributed by atoms with van der Waals surface area (Å²) in [6, 6.07) is 8.91. The molecule has 1 aliphatic heterocycles. The SMILES string of the molecule is CN(C)CCn1c(=O)oc2ccc(NC(=O)c3c[nH]cc3-c3cc(Br)c4c(c3)OCCO4)cc21. The lowest BCUT2D eigenvalue weighted by molar-refractivity contribution is 0.102. The number of hydrogen-bond donors (Lipinski definition) is 2. The number of fused-ring (bicyclic) bond motifs is 2. The van der Waals surface area contributed by atoms with Crippen LogP contribution in [-0.4, -0.2) is 54.2 Å². The number of amides is 1. The van der Waals surface area contributed by atoms with Crippen LogP contribution in [0.25, 0.3) is 22.2 Å². The zero-order chi connectivity index (χ0) is 23.8. The number of aromatic amines is 1. The minimum atomic E-state index is -0.419. The third-order valence-electron chi connectivity index (χ3n) is 5.59. The number of nitrogens with one attached hydrogen (secondary N) is 2. The lowest BCUT2D eigenvalue weighted by Gasteiger charge is -2.20. The Kier molecular flexibility index (Phi) is 5.93. The molecule has 1 aliphatic rings. The summed E-state index contributed by atoms with van der Waals surface area (Å²) < 4.78 is 19.1. The Bertz CT molecular complexity index is 1440. The van der Waals surface area contributed by atoms with Gasteiger partial charge >= 0.3 is 5.76 Å². The van der Waals surface area contributed by atoms with Crippen molar-refractivity contribution in [3.05, 3.63) is 63.3 Å². The van der Waals surface area contributed by atoms with E-state index in [0.29, 0.717) is 60.2 Å². The van der Waals surface area contributed by atoms with E-state index >= 15 is 0 Å². The number of carbonyl (C=O) groups excluding carboxylic acids is 1. The van der Waals surface area contributed by atoms with Crippen molar-refractivity contribution in [2.24, 2.45) is 0 Å². The van der Waals surface area contributed by atoms with Gasteiger partial charge in [0.2, 0.25) is 0 Å². The number of likely N-dealkylation sites (N-methyl/N-ethyl adjacent to an activating group) is 1. The minimum absolute atomic E-state index is 0.285. The van der Waals surface area contributed by atoms with Gasteiger partial charge in [0.05, 0.1) is 15.6 Å². The van der Waals surface area contributed by atoms with E-state index in [1.54, 1.807) is 35.2 Å². The highest BCUT2D eigenvalue weighted by Crippen LogP contribution is 2.42. The van der Waals surface area contributed by atoms with Gasteiger partial charge in [0.25, 0.3) is 5.91 Å². The topological polar surface area (TPSA) is 102 Å². The van der Waals surface area contributed by atoms with Crippen LogP contribution in [0.3, 0.4) is 0 Å². The molecule has 0 atom stereocenters. The van der Waals surface area contributed by atoms with Crippen molar-refractivity contribution in [2.45, 2.75) is 6.54 Å². The van der Waals surface area contributed by atoms with Crippen LogP contribution >= 0.6 is 15.9 Å². The highest BCUT2D eigenvalue weighted by molar-refractivity contribution is 9.10. The molecule has 10 heteroatoms. The van der Waals surface area contributed by atoms with Crippen molar-refractivity contribution in [1.82, 2.24) is 14.5 Å². The Labute approximate surface area is 203 Å². The predicted molar refractivity (Wildman–Crippen MR) is 132 cm³/mol. The maximum Gasteiger partial charge on any atom is 0.419 e. The fourth-order valence-corrected chi connectivity index (χ4v) is 4.46. The number of benzene rings is 2. The Morgan fingerprint density at radius 3 is 2.82 bits per heavy atom. The standard InChI is InChI=1S/C24H23BrN4O5/c1-28(2)5-6-29-19-11-15(3-4-20(19)34-24(29)31)27-23(30)17-13-26-12-16(17)14-9-18(25)22-21(10-14)32-7-8-33-22/h3-4,9-13,26H,5-8H2,1-2H3,(H,27,30). The van der Waals surface area contributed by atoms with E-state index in [2.05, 4.69) is 26.2 Å². The molecular formula is C24H23BrN4O5. The van der Waals surface area contributed by atoms with Gasteiger partial charge in [-0.15, -0.1) is 0 Å². The zero-order valence-electron chi connectivity index (χ0n) is 18.7. The van der Waals surface area contributed by atoms with E-state index < -0.39 is 5.76 Å². The summed E-state index contributed by atoms with van der Waals surface area (Å²) in [5, 5.41) is 2.93. The third kappa shape index (κ3) is 4.22. The lowest BCUT2D eigenvalue weighted by atomic mass is 10.0. The molecule has 9 nitrogen and oxygen atoms in total. The van der Waals surface area contributed by atoms with E-state index in [1.807, 2.05) is 31.1 Å². The number of H-pyrrole nitrogens is 1. The van der Waals surface area contributed by atoms with E-state index in [-0.39, 0.29) is 5.91 Å². The van der Waals surface area contributed by atoms with Gasteiger partial charge in [-0.3, -0.25) is 9.36 Å². The van der Waals surface area contributed by atoms with Crippen molar-refractivity contribution < 1.29 is 18.7 Å². The lowest BCUT2D eigenvalue weighted by Crippen LogP contribution is -2.23. The smallest absolute Gasteiger partial charge is 0.419 e. The summed E-state index contributed by atoms with van der Waals surface area (Å²) >= 11 is 3.53. The van der Waals surface area contributed by atoms with Gasteiger partial charge in [-0.05, 0) is 65.9 Å². The molecule has 0 fully saturated rings. The van der Waals surface area contributed by atoms with Crippen molar-refractivity contribution >= 4 is 38.6 Å². The first kappa shape index (κ1) is 22.3. The number of halogens is 1. The molecule has 0 radical (unpaired) electrons. The Morgan fingerprint density at radius 2 is 2.00 bits per heavy atom. The summed E-state index contributed by atoms with van der Waals surface area (Å²) in [5.74, 6) is 0.583. The van der Waals surface area contributed by atoms with Gasteiger partial charge in [0, 0.05) is 36.7 Å². The molecule has 0 saturated carbocycles. The molecule has 176 valence electrons. The first-order chi connectivity index (χ1) is 16.4. The van der Waals surface area contributed by atoms with E-state index in [9.17, 15) is 9.59 Å². The van der Waals surface area contributed by atoms with E-state index in [4.69, 9.17) is 13.9 Å². The fraction of sp³-hybridized carbons (Fsp3) is 0.250. The van der Waals surface area contributed by atoms with Crippen molar-refractivity contribution in [1.29, 1.82) is 0 Å². The summed E-state index contributed by atoms with van der Waals surface area (Å²) in [6.07, 6.45) is 3.42. The minimum Gasteiger partial charge on any atom is -0.486 e. The van der Waals surface area contributed by atoms with E-state index in [1.165, 1.54) is 0 Å². The molecule has 4 aromatic rings. The number of nitrogens with zero attached hydrogens (tertiary/aromatic N) is 2. The van der Waals surface area contributed by atoms with Crippen molar-refractivity contribution in [3.63, 3.8) is 0 Å². The van der Waals surface area contributed by atoms with Crippen LogP contribution in [0.4, 0.5) is 5.69 Å². The highest BCUT2D eigenvalue weighted by atomic mass is 79.9. The number of anilines is 1. The average molecular weight is 527 g/mol. The Balaban J connectivity index is 1.43. The average Bonchev–Trinajstić information content (AvgIpc) is 3.42. The van der Waals surface area contributed by atoms with E-state index in [0.717, 1.165) is 15.6 Å². The second kappa shape index (κ2) is 9.03. The van der Waals surface area contributed by atoms with Crippen LogP contribution < -0.4 is 20.5 Å². The number of hydrogen-bond acceptors (Lipinski definition) is 6. The van der Waals surface area contributed by atoms with Gasteiger partial charge in [0.1, 0.15) is 13.2 Å². The molecule has 3 heterocycles. The molecule has 2 aromatic carbocycles. The number of oxazole rings is 1. The largest absolute Gasteiger partial charge is 0.486 e. The molecule has 2 N–H and O–H groups in total. The maximum atomic E-state index is 13.2. The van der Waals surface area contributed by atoms with Gasteiger partial charge in [-0.1, -0.05) is 0 Å². The predicted octanol–water partition coefficient (Wildman–Crippen LogP) is 3.94. The molecule has 5 rings (SSSR count). The molecule has 0 spiro atoms. The highest BCUT2D eigenvalue weighted by Gasteiger charge is 2.21. The van der Waals surface area contributed by atoms with Crippen LogP contribution in [0.1, 0.15) is 10.4 Å². The fourth-order valence-electron chi connectivity index (χ4n) is 3.91. The molecule has 0 aliphatic carbocycles. The second-order valence-electron chi connectivity index (χ2n) is 8.22. The Hall–Kier alpha value is -3.50. The number of carbonyl (C=O) groups is 1. The first-order valence-corrected chi connectivity index (χ1v) is 11.6. The first-order valence-electron chi connectivity index (χ1n) is 10.8. The summed E-state index contributed by atoms with van der Waals surface area (Å²) in [5.41, 5.74) is 3.68. The summed E-state index contributed by atoms with van der Waals surface area (Å²) in [7, 11) is 3.88. The summed E-state index contributed by atoms with van der Waals surface area (Å²) in [6.45, 7) is 2.13. The third-order valence-corrected chi connectivity index (χ3v) is 6.18. The zero-order valence-corrected chi connectivity index (χ0v) is 20.3. The van der Waals surface area contributed by atoms with Crippen LogP contribution in [-0.2, 0) is 6.54 Å². The molecule has 0 saturated heterocycles. The molecule has 2 aromatic heterocycles. The maximum absolute atomic E-state index is 13.2. The number of ether oxygens (including phenoxy) is 2. The molecule has 0 bridgehead atoms. The molecular weight excluding hydrogens is 504 g/mol. The van der Waals surface area contributed by atoms with Gasteiger partial charge in [0.15, 0.2) is 17.1 Å². The molecule has 34 heavy (non-hydrogen) atoms. The van der Waals surface area contributed by atoms with Crippen molar-refractivity contribution in [2.75, 3.05) is 39.2 Å². The summed E-state index contributed by atoms with van der Waals surface area (Å²) in [4.78, 5) is 30.5.